The summed E-state index contributed by atoms with van der Waals surface area (Å²) in [6.07, 6.45) is 19.3. The number of hydrogen-bond acceptors (Lipinski definition) is 0. The van der Waals surface area contributed by atoms with E-state index in [1.54, 1.807) is 0 Å². The Kier molecular flexibility index (Phi) is 7.92. The van der Waals surface area contributed by atoms with Crippen molar-refractivity contribution in [2.24, 2.45) is 41.4 Å². The van der Waals surface area contributed by atoms with Crippen LogP contribution in [0, 0.1) is 41.4 Å². The minimum atomic E-state index is 0.893. The SMILES string of the molecule is CC1CCC(C)CC1.CC1CCC(C2CCC(C)C3=C2CCCC3C)CC1. The van der Waals surface area contributed by atoms with Gasteiger partial charge in [-0.2, -0.15) is 0 Å². The molecule has 0 heteroatoms. The van der Waals surface area contributed by atoms with Crippen LogP contribution in [0.1, 0.15) is 118 Å². The average Bonchev–Trinajstić information content (AvgIpc) is 2.66. The monoisotopic (exact) mass is 372 g/mol. The van der Waals surface area contributed by atoms with E-state index in [1.807, 2.05) is 11.1 Å². The maximum Gasteiger partial charge on any atom is -0.0172 e. The summed E-state index contributed by atoms with van der Waals surface area (Å²) in [5.74, 6) is 6.85. The summed E-state index contributed by atoms with van der Waals surface area (Å²) < 4.78 is 0. The van der Waals surface area contributed by atoms with Gasteiger partial charge in [0.1, 0.15) is 0 Å². The standard InChI is InChI=1S/C19H32.C8H16/c1-13-7-10-16(11-8-13)17-12-9-15(3)19-14(2)5-4-6-18(17)19;1-7-3-5-8(2)6-4-7/h13-17H,4-12H2,1-3H3;7-8H,3-6H2,1-2H3. The molecular weight excluding hydrogens is 324 g/mol. The highest BCUT2D eigenvalue weighted by Gasteiger charge is 2.36. The third kappa shape index (κ3) is 5.63. The molecule has 4 rings (SSSR count). The van der Waals surface area contributed by atoms with E-state index >= 15 is 0 Å². The van der Waals surface area contributed by atoms with Crippen LogP contribution in [0.3, 0.4) is 0 Å². The maximum absolute atomic E-state index is 2.50. The molecule has 2 fully saturated rings. The molecule has 0 N–H and O–H groups in total. The number of allylic oxidation sites excluding steroid dienone is 2. The van der Waals surface area contributed by atoms with E-state index in [0.717, 1.165) is 41.4 Å². The summed E-state index contributed by atoms with van der Waals surface area (Å²) in [4.78, 5) is 0. The highest BCUT2D eigenvalue weighted by molar-refractivity contribution is 5.27. The zero-order chi connectivity index (χ0) is 19.4. The van der Waals surface area contributed by atoms with E-state index in [-0.39, 0.29) is 0 Å². The van der Waals surface area contributed by atoms with Gasteiger partial charge in [-0.1, -0.05) is 84.3 Å². The predicted octanol–water partition coefficient (Wildman–Crippen LogP) is 8.81. The Hall–Kier alpha value is -0.260. The zero-order valence-electron chi connectivity index (χ0n) is 19.2. The van der Waals surface area contributed by atoms with Crippen molar-refractivity contribution >= 4 is 0 Å². The van der Waals surface area contributed by atoms with Gasteiger partial charge in [0.25, 0.3) is 0 Å². The normalized spacial score (nSPS) is 42.8. The van der Waals surface area contributed by atoms with Gasteiger partial charge in [0, 0.05) is 0 Å². The Balaban J connectivity index is 0.000000221. The molecule has 0 aromatic heterocycles. The molecule has 0 saturated heterocycles. The van der Waals surface area contributed by atoms with Crippen molar-refractivity contribution in [1.29, 1.82) is 0 Å². The lowest BCUT2D eigenvalue weighted by molar-refractivity contribution is 0.198. The van der Waals surface area contributed by atoms with Crippen LogP contribution < -0.4 is 0 Å². The lowest BCUT2D eigenvalue weighted by atomic mass is 9.62. The molecule has 4 aliphatic rings. The van der Waals surface area contributed by atoms with Crippen molar-refractivity contribution in [3.8, 4) is 0 Å². The highest BCUT2D eigenvalue weighted by Crippen LogP contribution is 2.49. The molecule has 0 aromatic carbocycles. The second-order valence-electron chi connectivity index (χ2n) is 11.2. The molecule has 0 amide bonds. The molecule has 27 heavy (non-hydrogen) atoms. The van der Waals surface area contributed by atoms with Crippen LogP contribution in [-0.4, -0.2) is 0 Å². The molecule has 4 aliphatic carbocycles. The van der Waals surface area contributed by atoms with Crippen molar-refractivity contribution < 1.29 is 0 Å². The van der Waals surface area contributed by atoms with Crippen molar-refractivity contribution in [2.45, 2.75) is 118 Å². The zero-order valence-corrected chi connectivity index (χ0v) is 19.2. The lowest BCUT2D eigenvalue weighted by Gasteiger charge is -2.43. The van der Waals surface area contributed by atoms with Crippen LogP contribution in [0.2, 0.25) is 0 Å². The molecule has 0 radical (unpaired) electrons. The minimum Gasteiger partial charge on any atom is -0.0671 e. The molecule has 156 valence electrons. The molecule has 0 aliphatic heterocycles. The quantitative estimate of drug-likeness (QED) is 0.403. The summed E-state index contributed by atoms with van der Waals surface area (Å²) >= 11 is 0. The highest BCUT2D eigenvalue weighted by atomic mass is 14.4. The molecule has 0 aromatic rings. The summed E-state index contributed by atoms with van der Waals surface area (Å²) in [6.45, 7) is 12.2. The summed E-state index contributed by atoms with van der Waals surface area (Å²) in [6, 6.07) is 0. The molecule has 0 nitrogen and oxygen atoms in total. The van der Waals surface area contributed by atoms with Crippen LogP contribution in [-0.2, 0) is 0 Å². The fraction of sp³-hybridized carbons (Fsp3) is 0.926. The molecular formula is C27H48. The third-order valence-corrected chi connectivity index (χ3v) is 8.81. The average molecular weight is 373 g/mol. The molecule has 2 saturated carbocycles. The summed E-state index contributed by atoms with van der Waals surface area (Å²) in [5, 5.41) is 0. The van der Waals surface area contributed by atoms with Gasteiger partial charge in [-0.25, -0.2) is 0 Å². The van der Waals surface area contributed by atoms with E-state index in [0.29, 0.717) is 0 Å². The smallest absolute Gasteiger partial charge is 0.0172 e. The van der Waals surface area contributed by atoms with Gasteiger partial charge in [0.2, 0.25) is 0 Å². The Morgan fingerprint density at radius 3 is 1.56 bits per heavy atom. The van der Waals surface area contributed by atoms with E-state index in [2.05, 4.69) is 34.6 Å². The Morgan fingerprint density at radius 1 is 0.519 bits per heavy atom. The lowest BCUT2D eigenvalue weighted by Crippen LogP contribution is -2.31. The molecule has 0 heterocycles. The number of hydrogen-bond donors (Lipinski definition) is 0. The fourth-order valence-corrected chi connectivity index (χ4v) is 6.81. The van der Waals surface area contributed by atoms with Gasteiger partial charge in [-0.05, 0) is 86.4 Å². The largest absolute Gasteiger partial charge is 0.0671 e. The van der Waals surface area contributed by atoms with Crippen molar-refractivity contribution in [3.63, 3.8) is 0 Å². The van der Waals surface area contributed by atoms with Crippen molar-refractivity contribution in [3.05, 3.63) is 11.1 Å². The first-order valence-electron chi connectivity index (χ1n) is 12.7. The predicted molar refractivity (Wildman–Crippen MR) is 120 cm³/mol. The van der Waals surface area contributed by atoms with Crippen LogP contribution >= 0.6 is 0 Å². The summed E-state index contributed by atoms with van der Waals surface area (Å²) in [7, 11) is 0. The summed E-state index contributed by atoms with van der Waals surface area (Å²) in [5.41, 5.74) is 3.87. The molecule has 3 unspecified atom stereocenters. The number of rotatable bonds is 1. The van der Waals surface area contributed by atoms with Crippen LogP contribution in [0.15, 0.2) is 11.1 Å². The first-order chi connectivity index (χ1) is 13.0. The van der Waals surface area contributed by atoms with Crippen LogP contribution in [0.4, 0.5) is 0 Å². The molecule has 3 atom stereocenters. The Bertz CT molecular complexity index is 454. The Labute approximate surface area is 171 Å². The first-order valence-corrected chi connectivity index (χ1v) is 12.7. The van der Waals surface area contributed by atoms with Gasteiger partial charge < -0.3 is 0 Å². The fourth-order valence-electron chi connectivity index (χ4n) is 6.81. The van der Waals surface area contributed by atoms with Gasteiger partial charge in [-0.3, -0.25) is 0 Å². The third-order valence-electron chi connectivity index (χ3n) is 8.81. The second kappa shape index (κ2) is 9.98. The van der Waals surface area contributed by atoms with E-state index in [9.17, 15) is 0 Å². The Morgan fingerprint density at radius 2 is 1.00 bits per heavy atom. The maximum atomic E-state index is 2.50. The molecule has 0 spiro atoms. The van der Waals surface area contributed by atoms with Crippen molar-refractivity contribution in [2.75, 3.05) is 0 Å². The van der Waals surface area contributed by atoms with Gasteiger partial charge in [0.15, 0.2) is 0 Å². The van der Waals surface area contributed by atoms with E-state index in [4.69, 9.17) is 0 Å². The van der Waals surface area contributed by atoms with Gasteiger partial charge >= 0.3 is 0 Å². The van der Waals surface area contributed by atoms with Gasteiger partial charge in [-0.15, -0.1) is 0 Å². The first kappa shape index (κ1) is 21.4. The van der Waals surface area contributed by atoms with E-state index in [1.165, 1.54) is 83.5 Å². The van der Waals surface area contributed by atoms with Crippen molar-refractivity contribution in [1.82, 2.24) is 0 Å². The van der Waals surface area contributed by atoms with Crippen LogP contribution in [0.25, 0.3) is 0 Å². The minimum absolute atomic E-state index is 0.893. The van der Waals surface area contributed by atoms with E-state index < -0.39 is 0 Å². The van der Waals surface area contributed by atoms with Crippen LogP contribution in [0.5, 0.6) is 0 Å². The molecule has 0 bridgehead atoms. The van der Waals surface area contributed by atoms with Gasteiger partial charge in [0.05, 0.1) is 0 Å². The topological polar surface area (TPSA) is 0 Å². The second-order valence-corrected chi connectivity index (χ2v) is 11.2.